The molecule has 7 nitrogen and oxygen atoms in total. The number of thioether (sulfide) groups is 2. The number of esters is 1. The number of nitrogens with zero attached hydrogens (tertiary/aromatic N) is 4. The van der Waals surface area contributed by atoms with E-state index in [1.807, 2.05) is 11.6 Å². The zero-order valence-corrected chi connectivity index (χ0v) is 20.2. The first-order valence-electron chi connectivity index (χ1n) is 10.2. The van der Waals surface area contributed by atoms with Gasteiger partial charge in [-0.15, -0.1) is 10.2 Å². The van der Waals surface area contributed by atoms with Gasteiger partial charge in [0.15, 0.2) is 11.0 Å². The lowest BCUT2D eigenvalue weighted by atomic mass is 9.87. The largest absolute Gasteiger partial charge is 0.463 e. The molecule has 0 atom stereocenters. The van der Waals surface area contributed by atoms with E-state index < -0.39 is 5.97 Å². The molecule has 166 valence electrons. The number of hydrogen-bond donors (Lipinski definition) is 0. The van der Waals surface area contributed by atoms with Gasteiger partial charge in [-0.3, -0.25) is 4.79 Å². The molecule has 0 saturated carbocycles. The van der Waals surface area contributed by atoms with Crippen LogP contribution in [0.3, 0.4) is 0 Å². The smallest absolute Gasteiger partial charge is 0.333 e. The van der Waals surface area contributed by atoms with Crippen LogP contribution in [-0.2, 0) is 26.8 Å². The Morgan fingerprint density at radius 1 is 1.26 bits per heavy atom. The first-order valence-corrected chi connectivity index (χ1v) is 12.1. The normalized spacial score (nSPS) is 15.7. The average molecular weight is 461 g/mol. The van der Waals surface area contributed by atoms with Crippen LogP contribution in [0, 0.1) is 0 Å². The molecule has 31 heavy (non-hydrogen) atoms. The number of carbonyl (C=O) groups is 2. The Morgan fingerprint density at radius 3 is 2.61 bits per heavy atom. The summed E-state index contributed by atoms with van der Waals surface area (Å²) in [5.74, 6) is 1.36. The molecule has 1 saturated heterocycles. The fourth-order valence-electron chi connectivity index (χ4n) is 3.09. The summed E-state index contributed by atoms with van der Waals surface area (Å²) in [4.78, 5) is 25.6. The van der Waals surface area contributed by atoms with E-state index in [2.05, 4.69) is 55.2 Å². The molecule has 0 unspecified atom stereocenters. The second kappa shape index (κ2) is 9.91. The van der Waals surface area contributed by atoms with Crippen molar-refractivity contribution < 1.29 is 14.3 Å². The van der Waals surface area contributed by atoms with Crippen molar-refractivity contribution in [1.82, 2.24) is 19.7 Å². The topological polar surface area (TPSA) is 77.3 Å². The van der Waals surface area contributed by atoms with Gasteiger partial charge in [0.2, 0.25) is 5.91 Å². The van der Waals surface area contributed by atoms with Crippen LogP contribution < -0.4 is 0 Å². The van der Waals surface area contributed by atoms with Crippen LogP contribution in [0.2, 0.25) is 0 Å². The molecular weight excluding hydrogens is 432 g/mol. The number of ether oxygens (including phenoxy) is 1. The lowest BCUT2D eigenvalue weighted by molar-refractivity contribution is -0.137. The number of hydrogen-bond acceptors (Lipinski definition) is 7. The molecule has 1 amide bonds. The minimum Gasteiger partial charge on any atom is -0.463 e. The number of benzene rings is 1. The summed E-state index contributed by atoms with van der Waals surface area (Å²) in [6.07, 6.45) is 1.39. The Kier molecular flexibility index (Phi) is 7.48. The van der Waals surface area contributed by atoms with E-state index in [4.69, 9.17) is 4.74 Å². The highest BCUT2D eigenvalue weighted by molar-refractivity contribution is 8.04. The second-order valence-corrected chi connectivity index (χ2v) is 10.2. The molecule has 3 rings (SSSR count). The van der Waals surface area contributed by atoms with Crippen LogP contribution in [-0.4, -0.2) is 56.2 Å². The van der Waals surface area contributed by atoms with Crippen molar-refractivity contribution in [3.05, 3.63) is 40.9 Å². The van der Waals surface area contributed by atoms with Gasteiger partial charge in [-0.25, -0.2) is 4.79 Å². The predicted molar refractivity (Wildman–Crippen MR) is 125 cm³/mol. The molecule has 1 aromatic heterocycles. The maximum atomic E-state index is 12.2. The van der Waals surface area contributed by atoms with Gasteiger partial charge in [0.05, 0.1) is 23.5 Å². The molecule has 0 N–H and O–H groups in total. The quantitative estimate of drug-likeness (QED) is 0.353. The SMILES string of the molecule is CCOC(=O)/C=C1/SCC(=O)N1CCSc1nnc(-c2ccc(C(C)(C)C)cc2)n1C. The summed E-state index contributed by atoms with van der Waals surface area (Å²) >= 11 is 2.89. The van der Waals surface area contributed by atoms with Gasteiger partial charge in [0.1, 0.15) is 0 Å². The van der Waals surface area contributed by atoms with Crippen LogP contribution in [0.25, 0.3) is 11.4 Å². The molecule has 1 fully saturated rings. The molecule has 0 radical (unpaired) electrons. The summed E-state index contributed by atoms with van der Waals surface area (Å²) in [6, 6.07) is 8.41. The molecule has 0 aliphatic carbocycles. The minimum atomic E-state index is -0.423. The van der Waals surface area contributed by atoms with Gasteiger partial charge in [-0.1, -0.05) is 68.6 Å². The van der Waals surface area contributed by atoms with Crippen molar-refractivity contribution >= 4 is 35.4 Å². The number of aromatic nitrogens is 3. The number of rotatable bonds is 7. The van der Waals surface area contributed by atoms with Crippen molar-refractivity contribution in [3.8, 4) is 11.4 Å². The molecule has 1 aliphatic heterocycles. The molecule has 9 heteroatoms. The predicted octanol–water partition coefficient (Wildman–Crippen LogP) is 3.85. The van der Waals surface area contributed by atoms with Crippen LogP contribution in [0.1, 0.15) is 33.3 Å². The lowest BCUT2D eigenvalue weighted by Crippen LogP contribution is -2.27. The van der Waals surface area contributed by atoms with Crippen LogP contribution in [0.5, 0.6) is 0 Å². The summed E-state index contributed by atoms with van der Waals surface area (Å²) in [6.45, 7) is 9.13. The fourth-order valence-corrected chi connectivity index (χ4v) is 4.88. The highest BCUT2D eigenvalue weighted by Gasteiger charge is 2.27. The molecule has 1 aliphatic rings. The van der Waals surface area contributed by atoms with Crippen molar-refractivity contribution in [2.45, 2.75) is 38.3 Å². The Morgan fingerprint density at radius 2 is 1.97 bits per heavy atom. The summed E-state index contributed by atoms with van der Waals surface area (Å²) in [5, 5.41) is 10.1. The van der Waals surface area contributed by atoms with E-state index in [1.165, 1.54) is 35.2 Å². The highest BCUT2D eigenvalue weighted by Crippen LogP contribution is 2.30. The zero-order chi connectivity index (χ0) is 22.6. The number of amides is 1. The van der Waals surface area contributed by atoms with Gasteiger partial charge < -0.3 is 14.2 Å². The van der Waals surface area contributed by atoms with Crippen molar-refractivity contribution in [2.75, 3.05) is 24.7 Å². The van der Waals surface area contributed by atoms with Crippen LogP contribution >= 0.6 is 23.5 Å². The molecule has 0 spiro atoms. The van der Waals surface area contributed by atoms with Gasteiger partial charge in [-0.2, -0.15) is 0 Å². The van der Waals surface area contributed by atoms with E-state index in [1.54, 1.807) is 11.8 Å². The first kappa shape index (κ1) is 23.4. The monoisotopic (exact) mass is 460 g/mol. The number of carbonyl (C=O) groups excluding carboxylic acids is 2. The summed E-state index contributed by atoms with van der Waals surface area (Å²) < 4.78 is 6.92. The highest BCUT2D eigenvalue weighted by atomic mass is 32.2. The molecular formula is C22H28N4O3S2. The Balaban J connectivity index is 1.63. The third-order valence-corrected chi connectivity index (χ3v) is 6.85. The molecule has 1 aromatic carbocycles. The van der Waals surface area contributed by atoms with Gasteiger partial charge in [0, 0.05) is 24.9 Å². The van der Waals surface area contributed by atoms with E-state index >= 15 is 0 Å². The summed E-state index contributed by atoms with van der Waals surface area (Å²) in [7, 11) is 1.94. The zero-order valence-electron chi connectivity index (χ0n) is 18.5. The Bertz CT molecular complexity index is 978. The van der Waals surface area contributed by atoms with Gasteiger partial charge in [-0.05, 0) is 17.9 Å². The molecule has 2 aromatic rings. The maximum absolute atomic E-state index is 12.2. The van der Waals surface area contributed by atoms with E-state index in [9.17, 15) is 9.59 Å². The van der Waals surface area contributed by atoms with Gasteiger partial charge >= 0.3 is 5.97 Å². The Labute approximate surface area is 191 Å². The van der Waals surface area contributed by atoms with Crippen molar-refractivity contribution in [1.29, 1.82) is 0 Å². The minimum absolute atomic E-state index is 0.00117. The second-order valence-electron chi connectivity index (χ2n) is 8.11. The lowest BCUT2D eigenvalue weighted by Gasteiger charge is -2.19. The first-order chi connectivity index (χ1) is 14.7. The van der Waals surface area contributed by atoms with Gasteiger partial charge in [0.25, 0.3) is 0 Å². The van der Waals surface area contributed by atoms with Crippen LogP contribution in [0.15, 0.2) is 40.5 Å². The average Bonchev–Trinajstić information content (AvgIpc) is 3.25. The van der Waals surface area contributed by atoms with Crippen molar-refractivity contribution in [3.63, 3.8) is 0 Å². The van der Waals surface area contributed by atoms with Crippen molar-refractivity contribution in [2.24, 2.45) is 7.05 Å². The maximum Gasteiger partial charge on any atom is 0.333 e. The van der Waals surface area contributed by atoms with Crippen LogP contribution in [0.4, 0.5) is 0 Å². The standard InChI is InChI=1S/C22H28N4O3S2/c1-6-29-19(28)13-18-26(17(27)14-31-18)11-12-30-21-24-23-20(25(21)5)15-7-9-16(10-8-15)22(2,3)4/h7-10,13H,6,11-12,14H2,1-5H3/b18-13+. The molecule has 0 bridgehead atoms. The molecule has 2 heterocycles. The van der Waals surface area contributed by atoms with E-state index in [-0.39, 0.29) is 11.3 Å². The third-order valence-electron chi connectivity index (χ3n) is 4.83. The Hall–Kier alpha value is -2.26. The fraction of sp³-hybridized carbons (Fsp3) is 0.455. The van der Waals surface area contributed by atoms with E-state index in [0.717, 1.165) is 16.5 Å². The summed E-state index contributed by atoms with van der Waals surface area (Å²) in [5.41, 5.74) is 2.39. The van der Waals surface area contributed by atoms with E-state index in [0.29, 0.717) is 29.7 Å². The third kappa shape index (κ3) is 5.71.